The van der Waals surface area contributed by atoms with Crippen molar-refractivity contribution in [2.45, 2.75) is 6.92 Å². The SMILES string of the molecule is CCN(c1cccc(F)c1)c1cc([N+](=O)[O-])cc(N)n1. The summed E-state index contributed by atoms with van der Waals surface area (Å²) < 4.78 is 13.3. The van der Waals surface area contributed by atoms with Crippen molar-refractivity contribution in [2.24, 2.45) is 0 Å². The van der Waals surface area contributed by atoms with E-state index in [9.17, 15) is 14.5 Å². The molecule has 104 valence electrons. The summed E-state index contributed by atoms with van der Waals surface area (Å²) in [5.41, 5.74) is 5.99. The fourth-order valence-corrected chi connectivity index (χ4v) is 1.89. The molecule has 0 spiro atoms. The lowest BCUT2D eigenvalue weighted by Gasteiger charge is -2.22. The van der Waals surface area contributed by atoms with E-state index >= 15 is 0 Å². The van der Waals surface area contributed by atoms with Gasteiger partial charge in [-0.25, -0.2) is 9.37 Å². The van der Waals surface area contributed by atoms with Crippen LogP contribution in [0.3, 0.4) is 0 Å². The van der Waals surface area contributed by atoms with Crippen LogP contribution in [0.5, 0.6) is 0 Å². The molecule has 0 aliphatic carbocycles. The van der Waals surface area contributed by atoms with Gasteiger partial charge >= 0.3 is 0 Å². The van der Waals surface area contributed by atoms with Crippen molar-refractivity contribution in [3.8, 4) is 0 Å². The number of hydrogen-bond donors (Lipinski definition) is 1. The van der Waals surface area contributed by atoms with Gasteiger partial charge in [-0.15, -0.1) is 0 Å². The van der Waals surface area contributed by atoms with E-state index in [0.717, 1.165) is 0 Å². The van der Waals surface area contributed by atoms with Gasteiger partial charge in [-0.1, -0.05) is 6.07 Å². The van der Waals surface area contributed by atoms with Crippen molar-refractivity contribution in [3.63, 3.8) is 0 Å². The number of halogens is 1. The maximum atomic E-state index is 13.3. The van der Waals surface area contributed by atoms with Crippen molar-refractivity contribution in [3.05, 3.63) is 52.3 Å². The summed E-state index contributed by atoms with van der Waals surface area (Å²) in [5.74, 6) is -0.0341. The summed E-state index contributed by atoms with van der Waals surface area (Å²) in [7, 11) is 0. The Kier molecular flexibility index (Phi) is 3.79. The lowest BCUT2D eigenvalue weighted by atomic mass is 10.2. The highest BCUT2D eigenvalue weighted by Crippen LogP contribution is 2.28. The maximum absolute atomic E-state index is 13.3. The summed E-state index contributed by atoms with van der Waals surface area (Å²) in [6.07, 6.45) is 0. The first-order valence-electron chi connectivity index (χ1n) is 5.96. The molecule has 0 fully saturated rings. The number of pyridine rings is 1. The van der Waals surface area contributed by atoms with E-state index in [4.69, 9.17) is 5.73 Å². The Labute approximate surface area is 114 Å². The molecule has 0 unspecified atom stereocenters. The zero-order valence-electron chi connectivity index (χ0n) is 10.8. The lowest BCUT2D eigenvalue weighted by molar-refractivity contribution is -0.384. The van der Waals surface area contributed by atoms with Crippen molar-refractivity contribution in [1.82, 2.24) is 4.98 Å². The van der Waals surface area contributed by atoms with Gasteiger partial charge in [0.15, 0.2) is 0 Å². The topological polar surface area (TPSA) is 85.3 Å². The first-order valence-corrected chi connectivity index (χ1v) is 5.96. The summed E-state index contributed by atoms with van der Waals surface area (Å²) >= 11 is 0. The molecule has 2 rings (SSSR count). The van der Waals surface area contributed by atoms with Gasteiger partial charge in [0.25, 0.3) is 5.69 Å². The number of nitrogen functional groups attached to an aromatic ring is 1. The Morgan fingerprint density at radius 3 is 2.75 bits per heavy atom. The minimum Gasteiger partial charge on any atom is -0.383 e. The quantitative estimate of drug-likeness (QED) is 0.685. The summed E-state index contributed by atoms with van der Waals surface area (Å²) in [4.78, 5) is 16.0. The van der Waals surface area contributed by atoms with Crippen LogP contribution in [0, 0.1) is 15.9 Å². The number of aromatic nitrogens is 1. The van der Waals surface area contributed by atoms with E-state index in [2.05, 4.69) is 4.98 Å². The molecule has 0 radical (unpaired) electrons. The zero-order valence-corrected chi connectivity index (χ0v) is 10.8. The largest absolute Gasteiger partial charge is 0.383 e. The van der Waals surface area contributed by atoms with Crippen LogP contribution in [0.1, 0.15) is 6.92 Å². The molecule has 1 heterocycles. The molecular formula is C13H13FN4O2. The molecule has 0 atom stereocenters. The smallest absolute Gasteiger partial charge is 0.276 e. The molecule has 0 bridgehead atoms. The third-order valence-electron chi connectivity index (χ3n) is 2.74. The number of nitrogens with two attached hydrogens (primary N) is 1. The molecule has 0 aliphatic heterocycles. The number of nitrogens with zero attached hydrogens (tertiary/aromatic N) is 3. The fraction of sp³-hybridized carbons (Fsp3) is 0.154. The Hall–Kier alpha value is -2.70. The van der Waals surface area contributed by atoms with Crippen LogP contribution in [0.4, 0.5) is 27.4 Å². The molecule has 6 nitrogen and oxygen atoms in total. The number of anilines is 3. The Morgan fingerprint density at radius 1 is 1.40 bits per heavy atom. The predicted octanol–water partition coefficient (Wildman–Crippen LogP) is 2.87. The summed E-state index contributed by atoms with van der Waals surface area (Å²) in [6.45, 7) is 2.30. The van der Waals surface area contributed by atoms with E-state index in [0.29, 0.717) is 18.1 Å². The van der Waals surface area contributed by atoms with Gasteiger partial charge in [0, 0.05) is 12.2 Å². The highest BCUT2D eigenvalue weighted by Gasteiger charge is 2.15. The van der Waals surface area contributed by atoms with E-state index in [1.165, 1.54) is 24.3 Å². The molecule has 0 saturated carbocycles. The van der Waals surface area contributed by atoms with Crippen molar-refractivity contribution >= 4 is 23.0 Å². The zero-order chi connectivity index (χ0) is 14.7. The molecule has 0 aliphatic rings. The maximum Gasteiger partial charge on any atom is 0.276 e. The van der Waals surface area contributed by atoms with Crippen molar-refractivity contribution < 1.29 is 9.31 Å². The highest BCUT2D eigenvalue weighted by molar-refractivity contribution is 5.64. The minimum atomic E-state index is -0.541. The molecule has 2 aromatic rings. The van der Waals surface area contributed by atoms with E-state index < -0.39 is 4.92 Å². The molecule has 2 N–H and O–H groups in total. The Balaban J connectivity index is 2.49. The number of benzene rings is 1. The minimum absolute atomic E-state index is 0.0454. The average Bonchev–Trinajstić information content (AvgIpc) is 2.39. The average molecular weight is 276 g/mol. The van der Waals surface area contributed by atoms with Crippen LogP contribution in [0.15, 0.2) is 36.4 Å². The van der Waals surface area contributed by atoms with Crippen molar-refractivity contribution in [1.29, 1.82) is 0 Å². The monoisotopic (exact) mass is 276 g/mol. The van der Waals surface area contributed by atoms with Gasteiger partial charge in [-0.05, 0) is 25.1 Å². The highest BCUT2D eigenvalue weighted by atomic mass is 19.1. The number of hydrogen-bond acceptors (Lipinski definition) is 5. The second kappa shape index (κ2) is 5.52. The van der Waals surface area contributed by atoms with Gasteiger partial charge in [-0.3, -0.25) is 10.1 Å². The molecule has 1 aromatic carbocycles. The molecular weight excluding hydrogens is 263 g/mol. The van der Waals surface area contributed by atoms with Gasteiger partial charge in [0.2, 0.25) is 0 Å². The Bertz CT molecular complexity index is 648. The van der Waals surface area contributed by atoms with E-state index in [1.54, 1.807) is 17.0 Å². The third kappa shape index (κ3) is 2.82. The van der Waals surface area contributed by atoms with Crippen LogP contribution in [-0.4, -0.2) is 16.5 Å². The van der Waals surface area contributed by atoms with Crippen LogP contribution in [-0.2, 0) is 0 Å². The van der Waals surface area contributed by atoms with Crippen LogP contribution >= 0.6 is 0 Å². The summed E-state index contributed by atoms with van der Waals surface area (Å²) in [5, 5.41) is 10.9. The molecule has 0 amide bonds. The van der Waals surface area contributed by atoms with Crippen LogP contribution < -0.4 is 10.6 Å². The molecule has 1 aromatic heterocycles. The second-order valence-corrected chi connectivity index (χ2v) is 4.09. The predicted molar refractivity (Wildman–Crippen MR) is 74.4 cm³/mol. The van der Waals surface area contributed by atoms with Crippen LogP contribution in [0.25, 0.3) is 0 Å². The molecule has 7 heteroatoms. The Morgan fingerprint density at radius 2 is 2.15 bits per heavy atom. The first-order chi connectivity index (χ1) is 9.51. The summed E-state index contributed by atoms with van der Waals surface area (Å²) in [6, 6.07) is 8.41. The van der Waals surface area contributed by atoms with E-state index in [1.807, 2.05) is 6.92 Å². The standard InChI is InChI=1S/C13H13FN4O2/c1-2-17(10-5-3-4-9(14)6-10)13-8-11(18(19)20)7-12(15)16-13/h3-8H,2H2,1H3,(H2,15,16). The van der Waals surface area contributed by atoms with E-state index in [-0.39, 0.29) is 17.3 Å². The number of nitro groups is 1. The van der Waals surface area contributed by atoms with Gasteiger partial charge in [0.1, 0.15) is 17.5 Å². The molecule has 20 heavy (non-hydrogen) atoms. The lowest BCUT2D eigenvalue weighted by Crippen LogP contribution is -2.18. The van der Waals surface area contributed by atoms with Crippen molar-refractivity contribution in [2.75, 3.05) is 17.2 Å². The second-order valence-electron chi connectivity index (χ2n) is 4.09. The fourth-order valence-electron chi connectivity index (χ4n) is 1.89. The van der Waals surface area contributed by atoms with Gasteiger partial charge in [-0.2, -0.15) is 0 Å². The van der Waals surface area contributed by atoms with Crippen LogP contribution in [0.2, 0.25) is 0 Å². The normalized spacial score (nSPS) is 10.3. The number of rotatable bonds is 4. The molecule has 0 saturated heterocycles. The van der Waals surface area contributed by atoms with Gasteiger partial charge < -0.3 is 10.6 Å². The third-order valence-corrected chi connectivity index (χ3v) is 2.74. The first kappa shape index (κ1) is 13.7. The van der Waals surface area contributed by atoms with Gasteiger partial charge in [0.05, 0.1) is 17.1 Å².